The Morgan fingerprint density at radius 1 is 1.35 bits per heavy atom. The van der Waals surface area contributed by atoms with E-state index in [0.717, 1.165) is 34.2 Å². The van der Waals surface area contributed by atoms with Gasteiger partial charge in [-0.3, -0.25) is 0 Å². The Bertz CT molecular complexity index is 715. The summed E-state index contributed by atoms with van der Waals surface area (Å²) in [6.07, 6.45) is 0. The van der Waals surface area contributed by atoms with Gasteiger partial charge in [-0.1, -0.05) is 39.1 Å². The second-order valence-corrected chi connectivity index (χ2v) is 6.60. The van der Waals surface area contributed by atoms with E-state index in [2.05, 4.69) is 32.0 Å². The van der Waals surface area contributed by atoms with Gasteiger partial charge in [0, 0.05) is 28.6 Å². The zero-order valence-corrected chi connectivity index (χ0v) is 14.2. The lowest BCUT2D eigenvalue weighted by Gasteiger charge is -2.30. The summed E-state index contributed by atoms with van der Waals surface area (Å²) in [6.45, 7) is 2.26. The van der Waals surface area contributed by atoms with Crippen molar-refractivity contribution in [2.45, 2.75) is 13.1 Å². The van der Waals surface area contributed by atoms with E-state index in [1.807, 2.05) is 11.0 Å². The minimum Gasteiger partial charge on any atom is -0.341 e. The Hall–Kier alpha value is -0.530. The molecule has 0 radical (unpaired) electrons. The molecule has 0 saturated carbocycles. The van der Waals surface area contributed by atoms with Gasteiger partial charge in [0.05, 0.1) is 22.1 Å². The highest BCUT2D eigenvalue weighted by molar-refractivity contribution is 9.10. The molecular formula is C12H11BrCl2N4S. The van der Waals surface area contributed by atoms with E-state index in [0.29, 0.717) is 21.7 Å². The van der Waals surface area contributed by atoms with Crippen LogP contribution in [0.2, 0.25) is 10.0 Å². The van der Waals surface area contributed by atoms with Crippen molar-refractivity contribution in [2.24, 2.45) is 5.84 Å². The van der Waals surface area contributed by atoms with Crippen molar-refractivity contribution in [3.63, 3.8) is 0 Å². The van der Waals surface area contributed by atoms with E-state index in [9.17, 15) is 0 Å². The second-order valence-electron chi connectivity index (χ2n) is 4.57. The van der Waals surface area contributed by atoms with Crippen LogP contribution in [0, 0.1) is 0 Å². The third kappa shape index (κ3) is 2.19. The van der Waals surface area contributed by atoms with E-state index in [1.54, 1.807) is 0 Å². The number of hydrogen-bond donors (Lipinski definition) is 2. The van der Waals surface area contributed by atoms with Gasteiger partial charge in [-0.25, -0.2) is 5.84 Å². The number of nitrogens with one attached hydrogen (secondary N) is 1. The van der Waals surface area contributed by atoms with Gasteiger partial charge in [0.25, 0.3) is 0 Å². The van der Waals surface area contributed by atoms with Gasteiger partial charge in [0.2, 0.25) is 0 Å². The molecule has 2 heterocycles. The molecule has 1 aliphatic rings. The molecule has 0 saturated heterocycles. The predicted octanol–water partition coefficient (Wildman–Crippen LogP) is 3.27. The number of hydrazine groups is 1. The molecular weight excluding hydrogens is 383 g/mol. The minimum atomic E-state index is 0.546. The van der Waals surface area contributed by atoms with E-state index in [4.69, 9.17) is 41.3 Å². The normalized spacial score (nSPS) is 14.5. The van der Waals surface area contributed by atoms with Gasteiger partial charge in [-0.05, 0) is 24.4 Å². The Morgan fingerprint density at radius 2 is 2.10 bits per heavy atom. The fourth-order valence-electron chi connectivity index (χ4n) is 2.53. The highest BCUT2D eigenvalue weighted by Gasteiger charge is 2.23. The predicted molar refractivity (Wildman–Crippen MR) is 90.0 cm³/mol. The first kappa shape index (κ1) is 14.4. The molecule has 0 amide bonds. The molecule has 3 N–H and O–H groups in total. The van der Waals surface area contributed by atoms with E-state index in [1.165, 1.54) is 0 Å². The molecule has 3 rings (SSSR count). The Kier molecular flexibility index (Phi) is 3.85. The van der Waals surface area contributed by atoms with Gasteiger partial charge >= 0.3 is 0 Å². The monoisotopic (exact) mass is 392 g/mol. The van der Waals surface area contributed by atoms with Crippen molar-refractivity contribution in [2.75, 3.05) is 6.54 Å². The molecule has 1 aromatic carbocycles. The van der Waals surface area contributed by atoms with Crippen LogP contribution in [-0.2, 0) is 13.1 Å². The molecule has 0 bridgehead atoms. The summed E-state index contributed by atoms with van der Waals surface area (Å²) in [6, 6.07) is 3.93. The van der Waals surface area contributed by atoms with Crippen LogP contribution in [0.4, 0.5) is 0 Å². The van der Waals surface area contributed by atoms with E-state index < -0.39 is 0 Å². The van der Waals surface area contributed by atoms with E-state index in [-0.39, 0.29) is 0 Å². The summed E-state index contributed by atoms with van der Waals surface area (Å²) in [5, 5.41) is 2.74. The second kappa shape index (κ2) is 5.35. The molecule has 0 unspecified atom stereocenters. The molecule has 1 aliphatic heterocycles. The van der Waals surface area contributed by atoms with Gasteiger partial charge in [-0.2, -0.15) is 0 Å². The first-order chi connectivity index (χ1) is 9.52. The van der Waals surface area contributed by atoms with Crippen LogP contribution in [0.25, 0.3) is 10.9 Å². The SMILES string of the molecule is NNC(=S)N1CCn2c(cc3c(Br)cc(Cl)c(Cl)c32)C1. The number of nitrogens with zero attached hydrogens (tertiary/aromatic N) is 2. The highest BCUT2D eigenvalue weighted by Crippen LogP contribution is 2.39. The average molecular weight is 394 g/mol. The number of halogens is 3. The van der Waals surface area contributed by atoms with Crippen LogP contribution in [0.5, 0.6) is 0 Å². The molecule has 1 aromatic heterocycles. The number of nitrogens with two attached hydrogens (primary N) is 1. The molecule has 0 fully saturated rings. The summed E-state index contributed by atoms with van der Waals surface area (Å²) >= 11 is 21.2. The number of thiocarbonyl (C=S) groups is 1. The Morgan fingerprint density at radius 3 is 2.80 bits per heavy atom. The molecule has 106 valence electrons. The summed E-state index contributed by atoms with van der Waals surface area (Å²) in [5.74, 6) is 5.38. The summed E-state index contributed by atoms with van der Waals surface area (Å²) in [5.41, 5.74) is 4.62. The van der Waals surface area contributed by atoms with Crippen LogP contribution in [-0.4, -0.2) is 21.1 Å². The molecule has 0 spiro atoms. The molecule has 0 aliphatic carbocycles. The average Bonchev–Trinajstić information content (AvgIpc) is 2.83. The van der Waals surface area contributed by atoms with Crippen molar-refractivity contribution in [1.82, 2.24) is 14.9 Å². The molecule has 8 heteroatoms. The van der Waals surface area contributed by atoms with Crippen LogP contribution < -0.4 is 11.3 Å². The summed E-state index contributed by atoms with van der Waals surface area (Å²) in [7, 11) is 0. The molecule has 20 heavy (non-hydrogen) atoms. The van der Waals surface area contributed by atoms with Gasteiger partial charge in [-0.15, -0.1) is 0 Å². The quantitative estimate of drug-likeness (QED) is 0.312. The van der Waals surface area contributed by atoms with Crippen LogP contribution in [0.15, 0.2) is 16.6 Å². The maximum absolute atomic E-state index is 6.36. The lowest BCUT2D eigenvalue weighted by atomic mass is 10.2. The third-order valence-corrected chi connectivity index (χ3v) is 5.28. The van der Waals surface area contributed by atoms with Crippen molar-refractivity contribution in [3.05, 3.63) is 32.3 Å². The van der Waals surface area contributed by atoms with Crippen LogP contribution in [0.1, 0.15) is 5.69 Å². The van der Waals surface area contributed by atoms with Crippen molar-refractivity contribution in [1.29, 1.82) is 0 Å². The zero-order valence-electron chi connectivity index (χ0n) is 10.3. The Labute approximate surface area is 139 Å². The topological polar surface area (TPSA) is 46.2 Å². The van der Waals surface area contributed by atoms with Crippen molar-refractivity contribution >= 4 is 67.4 Å². The maximum atomic E-state index is 6.36. The molecule has 2 aromatic rings. The number of rotatable bonds is 0. The fourth-order valence-corrected chi connectivity index (χ4v) is 3.81. The smallest absolute Gasteiger partial charge is 0.183 e. The van der Waals surface area contributed by atoms with Gasteiger partial charge in [0.1, 0.15) is 0 Å². The Balaban J connectivity index is 2.14. The standard InChI is InChI=1S/C12H11BrCl2N4S/c13-8-4-9(14)10(15)11-7(8)3-6-5-18(12(20)17-16)1-2-19(6)11/h3-4H,1-2,5,16H2,(H,17,20). The number of fused-ring (bicyclic) bond motifs is 3. The van der Waals surface area contributed by atoms with Crippen LogP contribution >= 0.6 is 51.3 Å². The van der Waals surface area contributed by atoms with Crippen molar-refractivity contribution in [3.8, 4) is 0 Å². The number of benzene rings is 1. The summed E-state index contributed by atoms with van der Waals surface area (Å²) in [4.78, 5) is 2.02. The maximum Gasteiger partial charge on any atom is 0.183 e. The van der Waals surface area contributed by atoms with Gasteiger partial charge in [0.15, 0.2) is 5.11 Å². The zero-order chi connectivity index (χ0) is 14.4. The van der Waals surface area contributed by atoms with Gasteiger partial charge < -0.3 is 14.9 Å². The first-order valence-electron chi connectivity index (χ1n) is 5.94. The molecule has 4 nitrogen and oxygen atoms in total. The van der Waals surface area contributed by atoms with E-state index >= 15 is 0 Å². The summed E-state index contributed by atoms with van der Waals surface area (Å²) < 4.78 is 3.12. The molecule has 0 atom stereocenters. The highest BCUT2D eigenvalue weighted by atomic mass is 79.9. The van der Waals surface area contributed by atoms with Crippen molar-refractivity contribution < 1.29 is 0 Å². The third-order valence-electron chi connectivity index (χ3n) is 3.47. The number of hydrogen-bond acceptors (Lipinski definition) is 2. The van der Waals surface area contributed by atoms with Crippen LogP contribution in [0.3, 0.4) is 0 Å². The lowest BCUT2D eigenvalue weighted by molar-refractivity contribution is 0.337. The number of aromatic nitrogens is 1. The minimum absolute atomic E-state index is 0.546. The lowest BCUT2D eigenvalue weighted by Crippen LogP contribution is -2.46. The largest absolute Gasteiger partial charge is 0.341 e. The fraction of sp³-hybridized carbons (Fsp3) is 0.250. The first-order valence-corrected chi connectivity index (χ1v) is 7.89.